The van der Waals surface area contributed by atoms with Crippen molar-refractivity contribution in [3.63, 3.8) is 0 Å². The summed E-state index contributed by atoms with van der Waals surface area (Å²) in [6, 6.07) is 4.45. The molecule has 0 radical (unpaired) electrons. The first-order valence-corrected chi connectivity index (χ1v) is 6.98. The van der Waals surface area contributed by atoms with Crippen LogP contribution in [0.15, 0.2) is 28.9 Å². The molecule has 1 aromatic heterocycles. The Hall–Kier alpha value is -2.50. The Balaban J connectivity index is 2.13. The standard InChI is InChI=1S/C16H19NO5/c1-9(2)15(16(19)20)17-14(18)6-10-8-22-13-7-11(21-3)4-5-12(10)13/h4-5,7-9,15H,6H2,1-3H3,(H,17,18)(H,19,20)/t15-/m0/s1. The number of fused-ring (bicyclic) bond motifs is 1. The van der Waals surface area contributed by atoms with Crippen LogP contribution in [0.5, 0.6) is 5.75 Å². The molecule has 0 bridgehead atoms. The number of carbonyl (C=O) groups excluding carboxylic acids is 1. The fourth-order valence-corrected chi connectivity index (χ4v) is 2.24. The van der Waals surface area contributed by atoms with Crippen LogP contribution in [-0.4, -0.2) is 30.1 Å². The minimum Gasteiger partial charge on any atom is -0.497 e. The van der Waals surface area contributed by atoms with Gasteiger partial charge >= 0.3 is 5.97 Å². The number of methoxy groups -OCH3 is 1. The predicted molar refractivity (Wildman–Crippen MR) is 80.9 cm³/mol. The fourth-order valence-electron chi connectivity index (χ4n) is 2.24. The molecular formula is C16H19NO5. The summed E-state index contributed by atoms with van der Waals surface area (Å²) in [6.45, 7) is 3.50. The number of hydrogen-bond donors (Lipinski definition) is 2. The summed E-state index contributed by atoms with van der Waals surface area (Å²) >= 11 is 0. The molecule has 1 atom stereocenters. The number of carbonyl (C=O) groups is 2. The van der Waals surface area contributed by atoms with Gasteiger partial charge in [0.05, 0.1) is 19.8 Å². The summed E-state index contributed by atoms with van der Waals surface area (Å²) in [7, 11) is 1.57. The number of rotatable bonds is 6. The molecule has 0 aliphatic carbocycles. The summed E-state index contributed by atoms with van der Waals surface area (Å²) in [4.78, 5) is 23.2. The zero-order valence-electron chi connectivity index (χ0n) is 12.8. The number of furan rings is 1. The van der Waals surface area contributed by atoms with Gasteiger partial charge in [0.25, 0.3) is 0 Å². The molecule has 0 saturated carbocycles. The third kappa shape index (κ3) is 3.39. The lowest BCUT2D eigenvalue weighted by Gasteiger charge is -2.17. The Morgan fingerprint density at radius 3 is 2.68 bits per heavy atom. The number of aliphatic carboxylic acids is 1. The second kappa shape index (κ2) is 6.51. The van der Waals surface area contributed by atoms with E-state index in [-0.39, 0.29) is 18.2 Å². The third-order valence-electron chi connectivity index (χ3n) is 3.46. The van der Waals surface area contributed by atoms with E-state index in [0.717, 1.165) is 5.39 Å². The summed E-state index contributed by atoms with van der Waals surface area (Å²) in [5, 5.41) is 12.4. The molecule has 0 unspecified atom stereocenters. The largest absolute Gasteiger partial charge is 0.497 e. The van der Waals surface area contributed by atoms with Gasteiger partial charge in [0, 0.05) is 17.0 Å². The first kappa shape index (κ1) is 15.9. The molecule has 0 saturated heterocycles. The van der Waals surface area contributed by atoms with Crippen LogP contribution >= 0.6 is 0 Å². The van der Waals surface area contributed by atoms with Crippen LogP contribution in [0.2, 0.25) is 0 Å². The van der Waals surface area contributed by atoms with Crippen LogP contribution in [0.1, 0.15) is 19.4 Å². The molecule has 0 aliphatic rings. The van der Waals surface area contributed by atoms with Crippen molar-refractivity contribution in [1.29, 1.82) is 0 Å². The second-order valence-electron chi connectivity index (χ2n) is 5.43. The Morgan fingerprint density at radius 2 is 2.09 bits per heavy atom. The molecule has 0 spiro atoms. The van der Waals surface area contributed by atoms with Crippen LogP contribution in [0, 0.1) is 5.92 Å². The lowest BCUT2D eigenvalue weighted by molar-refractivity contribution is -0.143. The Morgan fingerprint density at radius 1 is 1.36 bits per heavy atom. The van der Waals surface area contributed by atoms with Gasteiger partial charge in [0.2, 0.25) is 5.91 Å². The number of ether oxygens (including phenoxy) is 1. The highest BCUT2D eigenvalue weighted by molar-refractivity contribution is 5.90. The Labute approximate surface area is 128 Å². The topological polar surface area (TPSA) is 88.8 Å². The lowest BCUT2D eigenvalue weighted by atomic mass is 10.0. The highest BCUT2D eigenvalue weighted by Crippen LogP contribution is 2.25. The summed E-state index contributed by atoms with van der Waals surface area (Å²) < 4.78 is 10.5. The normalized spacial score (nSPS) is 12.4. The van der Waals surface area contributed by atoms with Crippen molar-refractivity contribution in [2.45, 2.75) is 26.3 Å². The summed E-state index contributed by atoms with van der Waals surface area (Å²) in [5.74, 6) is -0.903. The molecule has 1 amide bonds. The quantitative estimate of drug-likeness (QED) is 0.854. The first-order valence-electron chi connectivity index (χ1n) is 6.98. The molecule has 2 rings (SSSR count). The molecule has 1 heterocycles. The van der Waals surface area contributed by atoms with Crippen LogP contribution < -0.4 is 10.1 Å². The van der Waals surface area contributed by atoms with E-state index < -0.39 is 12.0 Å². The summed E-state index contributed by atoms with van der Waals surface area (Å²) in [5.41, 5.74) is 1.34. The minimum atomic E-state index is -1.04. The van der Waals surface area contributed by atoms with Gasteiger partial charge in [-0.05, 0) is 18.1 Å². The Bertz CT molecular complexity index is 689. The Kier molecular flexibility index (Phi) is 4.70. The number of carboxylic acids is 1. The second-order valence-corrected chi connectivity index (χ2v) is 5.43. The van der Waals surface area contributed by atoms with Crippen molar-refractivity contribution in [2.75, 3.05) is 7.11 Å². The van der Waals surface area contributed by atoms with Gasteiger partial charge < -0.3 is 19.6 Å². The van der Waals surface area contributed by atoms with Gasteiger partial charge in [-0.1, -0.05) is 13.8 Å². The monoisotopic (exact) mass is 305 g/mol. The van der Waals surface area contributed by atoms with Crippen LogP contribution in [-0.2, 0) is 16.0 Å². The fraction of sp³-hybridized carbons (Fsp3) is 0.375. The molecule has 1 aromatic carbocycles. The molecule has 2 aromatic rings. The van der Waals surface area contributed by atoms with Crippen LogP contribution in [0.25, 0.3) is 11.0 Å². The first-order chi connectivity index (χ1) is 10.4. The number of nitrogens with one attached hydrogen (secondary N) is 1. The number of hydrogen-bond acceptors (Lipinski definition) is 4. The van der Waals surface area contributed by atoms with E-state index in [0.29, 0.717) is 16.9 Å². The van der Waals surface area contributed by atoms with Gasteiger partial charge in [-0.2, -0.15) is 0 Å². The van der Waals surface area contributed by atoms with E-state index in [4.69, 9.17) is 14.3 Å². The smallest absolute Gasteiger partial charge is 0.326 e. The number of carboxylic acid groups (broad SMARTS) is 1. The van der Waals surface area contributed by atoms with Crippen molar-refractivity contribution in [3.8, 4) is 5.75 Å². The zero-order chi connectivity index (χ0) is 16.3. The van der Waals surface area contributed by atoms with E-state index in [1.54, 1.807) is 33.1 Å². The van der Waals surface area contributed by atoms with Gasteiger partial charge in [-0.3, -0.25) is 4.79 Å². The van der Waals surface area contributed by atoms with Crippen molar-refractivity contribution >= 4 is 22.8 Å². The predicted octanol–water partition coefficient (Wildman–Crippen LogP) is 2.21. The maximum atomic E-state index is 12.1. The van der Waals surface area contributed by atoms with E-state index >= 15 is 0 Å². The number of benzene rings is 1. The van der Waals surface area contributed by atoms with Crippen LogP contribution in [0.4, 0.5) is 0 Å². The molecule has 6 nitrogen and oxygen atoms in total. The number of amides is 1. The average molecular weight is 305 g/mol. The molecule has 22 heavy (non-hydrogen) atoms. The molecule has 2 N–H and O–H groups in total. The maximum Gasteiger partial charge on any atom is 0.326 e. The SMILES string of the molecule is COc1ccc2c(CC(=O)N[C@H](C(=O)O)C(C)C)coc2c1. The molecule has 0 aliphatic heterocycles. The van der Waals surface area contributed by atoms with Gasteiger partial charge in [0.15, 0.2) is 0 Å². The van der Waals surface area contributed by atoms with Gasteiger partial charge in [0.1, 0.15) is 17.4 Å². The summed E-state index contributed by atoms with van der Waals surface area (Å²) in [6.07, 6.45) is 1.57. The van der Waals surface area contributed by atoms with E-state index in [1.807, 2.05) is 6.07 Å². The average Bonchev–Trinajstić information content (AvgIpc) is 2.86. The maximum absolute atomic E-state index is 12.1. The van der Waals surface area contributed by atoms with Crippen molar-refractivity contribution < 1.29 is 23.8 Å². The third-order valence-corrected chi connectivity index (χ3v) is 3.46. The zero-order valence-corrected chi connectivity index (χ0v) is 12.8. The molecule has 0 fully saturated rings. The van der Waals surface area contributed by atoms with E-state index in [9.17, 15) is 9.59 Å². The molecule has 6 heteroatoms. The highest BCUT2D eigenvalue weighted by Gasteiger charge is 2.23. The van der Waals surface area contributed by atoms with Gasteiger partial charge in [-0.15, -0.1) is 0 Å². The van der Waals surface area contributed by atoms with E-state index in [2.05, 4.69) is 5.32 Å². The van der Waals surface area contributed by atoms with Gasteiger partial charge in [-0.25, -0.2) is 4.79 Å². The highest BCUT2D eigenvalue weighted by atomic mass is 16.5. The van der Waals surface area contributed by atoms with Crippen LogP contribution in [0.3, 0.4) is 0 Å². The van der Waals surface area contributed by atoms with Crippen molar-refractivity contribution in [2.24, 2.45) is 5.92 Å². The van der Waals surface area contributed by atoms with Crippen molar-refractivity contribution in [1.82, 2.24) is 5.32 Å². The molecule has 118 valence electrons. The van der Waals surface area contributed by atoms with E-state index in [1.165, 1.54) is 6.26 Å². The van der Waals surface area contributed by atoms with Crippen molar-refractivity contribution in [3.05, 3.63) is 30.0 Å². The lowest BCUT2D eigenvalue weighted by Crippen LogP contribution is -2.44. The molecular weight excluding hydrogens is 286 g/mol. The minimum absolute atomic E-state index is 0.0653.